The van der Waals surface area contributed by atoms with Crippen molar-refractivity contribution in [2.45, 2.75) is 4.90 Å². The first-order chi connectivity index (χ1) is 9.54. The van der Waals surface area contributed by atoms with Crippen molar-refractivity contribution >= 4 is 15.9 Å². The van der Waals surface area contributed by atoms with E-state index in [4.69, 9.17) is 10.9 Å². The molecule has 2 heterocycles. The van der Waals surface area contributed by atoms with Crippen LogP contribution < -0.4 is 5.73 Å². The Morgan fingerprint density at radius 1 is 1.40 bits per heavy atom. The average Bonchev–Trinajstić information content (AvgIpc) is 2.48. The van der Waals surface area contributed by atoms with Crippen LogP contribution in [0.4, 0.5) is 0 Å². The number of hydrogen-bond acceptors (Lipinski definition) is 6. The van der Waals surface area contributed by atoms with Crippen LogP contribution in [0.2, 0.25) is 0 Å². The van der Waals surface area contributed by atoms with Crippen LogP contribution in [0.3, 0.4) is 0 Å². The summed E-state index contributed by atoms with van der Waals surface area (Å²) < 4.78 is 26.1. The van der Waals surface area contributed by atoms with Crippen molar-refractivity contribution in [1.29, 1.82) is 0 Å². The lowest BCUT2D eigenvalue weighted by Crippen LogP contribution is -2.50. The van der Waals surface area contributed by atoms with Gasteiger partial charge in [-0.1, -0.05) is 5.16 Å². The first kappa shape index (κ1) is 14.7. The van der Waals surface area contributed by atoms with Gasteiger partial charge >= 0.3 is 0 Å². The second-order valence-corrected chi connectivity index (χ2v) is 6.40. The Morgan fingerprint density at radius 3 is 2.65 bits per heavy atom. The Bertz CT molecular complexity index is 567. The summed E-state index contributed by atoms with van der Waals surface area (Å²) in [5.74, 6) is 0.119. The number of hydrogen-bond donors (Lipinski definition) is 2. The highest BCUT2D eigenvalue weighted by Gasteiger charge is 2.28. The molecule has 0 aliphatic carbocycles. The van der Waals surface area contributed by atoms with Gasteiger partial charge in [0.2, 0.25) is 10.0 Å². The van der Waals surface area contributed by atoms with Crippen LogP contribution in [0.25, 0.3) is 0 Å². The summed E-state index contributed by atoms with van der Waals surface area (Å²) in [4.78, 5) is 5.97. The van der Waals surface area contributed by atoms with E-state index in [0.717, 1.165) is 0 Å². The van der Waals surface area contributed by atoms with Crippen molar-refractivity contribution in [2.75, 3.05) is 32.7 Å². The van der Waals surface area contributed by atoms with Gasteiger partial charge in [0.15, 0.2) is 5.84 Å². The number of amidine groups is 1. The number of aromatic nitrogens is 1. The van der Waals surface area contributed by atoms with Crippen LogP contribution in [0, 0.1) is 0 Å². The van der Waals surface area contributed by atoms with Gasteiger partial charge in [-0.05, 0) is 12.1 Å². The summed E-state index contributed by atoms with van der Waals surface area (Å²) in [5, 5.41) is 11.4. The molecule has 0 radical (unpaired) electrons. The van der Waals surface area contributed by atoms with Crippen LogP contribution in [0.1, 0.15) is 0 Å². The van der Waals surface area contributed by atoms with Crippen LogP contribution in [0.5, 0.6) is 0 Å². The maximum atomic E-state index is 12.4. The minimum atomic E-state index is -3.49. The third-order valence-corrected chi connectivity index (χ3v) is 5.00. The fourth-order valence-electron chi connectivity index (χ4n) is 2.04. The highest BCUT2D eigenvalue weighted by molar-refractivity contribution is 7.89. The largest absolute Gasteiger partial charge is 0.409 e. The van der Waals surface area contributed by atoms with Crippen LogP contribution in [-0.2, 0) is 10.0 Å². The van der Waals surface area contributed by atoms with Gasteiger partial charge in [-0.15, -0.1) is 0 Å². The SMILES string of the molecule is NC(CN1CCN(S(=O)(=O)c2cccnc2)CC1)=NO. The Kier molecular flexibility index (Phi) is 4.53. The van der Waals surface area contributed by atoms with Crippen molar-refractivity contribution in [2.24, 2.45) is 10.9 Å². The van der Waals surface area contributed by atoms with E-state index in [9.17, 15) is 8.42 Å². The summed E-state index contributed by atoms with van der Waals surface area (Å²) in [6.45, 7) is 2.15. The molecule has 0 atom stereocenters. The van der Waals surface area contributed by atoms with Crippen LogP contribution >= 0.6 is 0 Å². The molecule has 1 aromatic rings. The van der Waals surface area contributed by atoms with E-state index < -0.39 is 10.0 Å². The van der Waals surface area contributed by atoms with Crippen molar-refractivity contribution in [3.05, 3.63) is 24.5 Å². The summed E-state index contributed by atoms with van der Waals surface area (Å²) in [6.07, 6.45) is 2.88. The van der Waals surface area contributed by atoms with E-state index in [0.29, 0.717) is 32.7 Å². The minimum absolute atomic E-state index is 0.119. The molecule has 0 saturated carbocycles. The summed E-state index contributed by atoms with van der Waals surface area (Å²) in [7, 11) is -3.49. The molecule has 0 bridgehead atoms. The third-order valence-electron chi connectivity index (χ3n) is 3.12. The minimum Gasteiger partial charge on any atom is -0.409 e. The summed E-state index contributed by atoms with van der Waals surface area (Å²) in [5.41, 5.74) is 5.43. The van der Waals surface area contributed by atoms with Gasteiger partial charge in [-0.25, -0.2) is 8.42 Å². The van der Waals surface area contributed by atoms with Gasteiger partial charge in [0.05, 0.1) is 6.54 Å². The van der Waals surface area contributed by atoms with Crippen molar-refractivity contribution in [3.8, 4) is 0 Å². The van der Waals surface area contributed by atoms with Gasteiger partial charge in [-0.3, -0.25) is 9.88 Å². The van der Waals surface area contributed by atoms with Crippen molar-refractivity contribution in [1.82, 2.24) is 14.2 Å². The molecule has 110 valence electrons. The number of oxime groups is 1. The summed E-state index contributed by atoms with van der Waals surface area (Å²) >= 11 is 0. The molecule has 3 N–H and O–H groups in total. The van der Waals surface area contributed by atoms with E-state index in [2.05, 4.69) is 10.1 Å². The van der Waals surface area contributed by atoms with Crippen molar-refractivity contribution < 1.29 is 13.6 Å². The van der Waals surface area contributed by atoms with Gasteiger partial charge < -0.3 is 10.9 Å². The van der Waals surface area contributed by atoms with E-state index in [1.165, 1.54) is 22.8 Å². The first-order valence-electron chi connectivity index (χ1n) is 6.13. The molecular formula is C11H17N5O3S. The van der Waals surface area contributed by atoms with Crippen LogP contribution in [0.15, 0.2) is 34.6 Å². The molecular weight excluding hydrogens is 282 g/mol. The lowest BCUT2D eigenvalue weighted by atomic mass is 10.3. The van der Waals surface area contributed by atoms with Crippen molar-refractivity contribution in [3.63, 3.8) is 0 Å². The number of nitrogens with two attached hydrogens (primary N) is 1. The zero-order chi connectivity index (χ0) is 14.6. The monoisotopic (exact) mass is 299 g/mol. The van der Waals surface area contributed by atoms with E-state index >= 15 is 0 Å². The molecule has 0 unspecified atom stereocenters. The molecule has 1 aliphatic heterocycles. The molecule has 8 nitrogen and oxygen atoms in total. The maximum Gasteiger partial charge on any atom is 0.244 e. The molecule has 9 heteroatoms. The molecule has 20 heavy (non-hydrogen) atoms. The number of pyridine rings is 1. The molecule has 2 rings (SSSR count). The highest BCUT2D eigenvalue weighted by atomic mass is 32.2. The van der Waals surface area contributed by atoms with Gasteiger partial charge in [0.1, 0.15) is 4.90 Å². The Morgan fingerprint density at radius 2 is 2.10 bits per heavy atom. The number of rotatable bonds is 4. The Labute approximate surface area is 117 Å². The lowest BCUT2D eigenvalue weighted by molar-refractivity contribution is 0.206. The van der Waals surface area contributed by atoms with Gasteiger partial charge in [0.25, 0.3) is 0 Å². The second kappa shape index (κ2) is 6.16. The smallest absolute Gasteiger partial charge is 0.244 e. The van der Waals surface area contributed by atoms with Gasteiger partial charge in [0, 0.05) is 38.6 Å². The lowest BCUT2D eigenvalue weighted by Gasteiger charge is -2.33. The predicted molar refractivity (Wildman–Crippen MR) is 72.8 cm³/mol. The number of piperazine rings is 1. The fourth-order valence-corrected chi connectivity index (χ4v) is 3.42. The normalized spacial score (nSPS) is 19.1. The zero-order valence-electron chi connectivity index (χ0n) is 10.9. The second-order valence-electron chi connectivity index (χ2n) is 4.46. The van der Waals surface area contributed by atoms with E-state index in [1.807, 2.05) is 4.90 Å². The molecule has 0 spiro atoms. The fraction of sp³-hybridized carbons (Fsp3) is 0.455. The highest BCUT2D eigenvalue weighted by Crippen LogP contribution is 2.16. The topological polar surface area (TPSA) is 112 Å². The zero-order valence-corrected chi connectivity index (χ0v) is 11.7. The molecule has 1 saturated heterocycles. The Balaban J connectivity index is 2.00. The molecule has 1 aromatic heterocycles. The quantitative estimate of drug-likeness (QED) is 0.324. The molecule has 1 aliphatic rings. The Hall–Kier alpha value is -1.71. The van der Waals surface area contributed by atoms with E-state index in [1.54, 1.807) is 6.07 Å². The predicted octanol–water partition coefficient (Wildman–Crippen LogP) is -0.866. The molecule has 1 fully saturated rings. The standard InChI is InChI=1S/C11H17N5O3S/c12-11(14-17)9-15-4-6-16(7-5-15)20(18,19)10-2-1-3-13-8-10/h1-3,8,17H,4-7,9H2,(H2,12,14). The molecule has 0 amide bonds. The number of nitrogens with zero attached hydrogens (tertiary/aromatic N) is 4. The molecule has 0 aromatic carbocycles. The van der Waals surface area contributed by atoms with E-state index in [-0.39, 0.29) is 10.7 Å². The van der Waals surface area contributed by atoms with Gasteiger partial charge in [-0.2, -0.15) is 4.31 Å². The number of sulfonamides is 1. The van der Waals surface area contributed by atoms with Crippen LogP contribution in [-0.4, -0.2) is 66.4 Å². The maximum absolute atomic E-state index is 12.4. The average molecular weight is 299 g/mol. The summed E-state index contributed by atoms with van der Waals surface area (Å²) in [6, 6.07) is 3.13. The third kappa shape index (κ3) is 3.24. The first-order valence-corrected chi connectivity index (χ1v) is 7.57.